The summed E-state index contributed by atoms with van der Waals surface area (Å²) in [6.45, 7) is 3.66. The second-order valence-electron chi connectivity index (χ2n) is 5.30. The van der Waals surface area contributed by atoms with E-state index in [2.05, 4.69) is 26.5 Å². The quantitative estimate of drug-likeness (QED) is 0.521. The Kier molecular flexibility index (Phi) is 6.70. The molecule has 0 saturated carbocycles. The molecule has 0 unspecified atom stereocenters. The third-order valence-electron chi connectivity index (χ3n) is 3.17. The number of ether oxygens (including phenoxy) is 1. The first-order chi connectivity index (χ1) is 11.8. The number of rotatable bonds is 5. The van der Waals surface area contributed by atoms with Crippen LogP contribution in [0.25, 0.3) is 0 Å². The molecule has 0 saturated heterocycles. The Labute approximate surface area is 163 Å². The van der Waals surface area contributed by atoms with Gasteiger partial charge in [-0.1, -0.05) is 29.3 Å². The van der Waals surface area contributed by atoms with E-state index in [1.54, 1.807) is 0 Å². The van der Waals surface area contributed by atoms with Crippen LogP contribution >= 0.6 is 39.1 Å². The first-order valence-electron chi connectivity index (χ1n) is 7.17. The lowest BCUT2D eigenvalue weighted by Crippen LogP contribution is -2.24. The van der Waals surface area contributed by atoms with E-state index in [1.165, 1.54) is 18.3 Å². The standard InChI is InChI=1S/C17H15BrCl2N2O3/c1-9-3-10(2)17(13(18)4-9)25-8-15(23)22-21-7-11-5-12(19)6-14(20)16(11)24/h3-7,24H,8H2,1-2H3,(H,22,23)/b21-7-. The number of phenolic OH excluding ortho intramolecular Hbond substituents is 1. The number of nitrogens with zero attached hydrogens (tertiary/aromatic N) is 1. The van der Waals surface area contributed by atoms with Crippen LogP contribution in [0.5, 0.6) is 11.5 Å². The first kappa shape index (κ1) is 19.6. The van der Waals surface area contributed by atoms with Gasteiger partial charge in [0.05, 0.1) is 15.7 Å². The van der Waals surface area contributed by atoms with Crippen LogP contribution in [0.15, 0.2) is 33.8 Å². The van der Waals surface area contributed by atoms with Gasteiger partial charge in [0.25, 0.3) is 5.91 Å². The van der Waals surface area contributed by atoms with Crippen molar-refractivity contribution in [2.75, 3.05) is 6.61 Å². The molecule has 0 aliphatic heterocycles. The predicted octanol–water partition coefficient (Wildman–Crippen LogP) is 4.61. The molecule has 132 valence electrons. The van der Waals surface area contributed by atoms with Gasteiger partial charge < -0.3 is 9.84 Å². The number of nitrogens with one attached hydrogen (secondary N) is 1. The van der Waals surface area contributed by atoms with Crippen LogP contribution in [0.4, 0.5) is 0 Å². The Morgan fingerprint density at radius 1 is 1.32 bits per heavy atom. The van der Waals surface area contributed by atoms with Crippen molar-refractivity contribution in [1.82, 2.24) is 5.43 Å². The number of halogens is 3. The Balaban J connectivity index is 1.96. The maximum Gasteiger partial charge on any atom is 0.277 e. The van der Waals surface area contributed by atoms with Crippen molar-refractivity contribution >= 4 is 51.3 Å². The number of carbonyl (C=O) groups excluding carboxylic acids is 1. The molecule has 5 nitrogen and oxygen atoms in total. The lowest BCUT2D eigenvalue weighted by atomic mass is 10.1. The summed E-state index contributed by atoms with van der Waals surface area (Å²) in [5.74, 6) is -0.0146. The van der Waals surface area contributed by atoms with Gasteiger partial charge in [-0.2, -0.15) is 5.10 Å². The maximum absolute atomic E-state index is 11.8. The molecule has 2 aromatic carbocycles. The van der Waals surface area contributed by atoms with Gasteiger partial charge in [0, 0.05) is 10.6 Å². The Morgan fingerprint density at radius 3 is 2.72 bits per heavy atom. The van der Waals surface area contributed by atoms with Gasteiger partial charge in [-0.05, 0) is 59.1 Å². The fourth-order valence-electron chi connectivity index (χ4n) is 2.11. The summed E-state index contributed by atoms with van der Waals surface area (Å²) in [7, 11) is 0. The zero-order valence-electron chi connectivity index (χ0n) is 13.4. The van der Waals surface area contributed by atoms with Crippen LogP contribution in [-0.2, 0) is 4.79 Å². The van der Waals surface area contributed by atoms with Crippen molar-refractivity contribution in [3.05, 3.63) is 55.5 Å². The molecule has 8 heteroatoms. The van der Waals surface area contributed by atoms with Crippen LogP contribution in [0.2, 0.25) is 10.0 Å². The molecule has 0 aromatic heterocycles. The molecule has 25 heavy (non-hydrogen) atoms. The summed E-state index contributed by atoms with van der Waals surface area (Å²) in [6, 6.07) is 6.75. The maximum atomic E-state index is 11.8. The van der Waals surface area contributed by atoms with Crippen molar-refractivity contribution in [3.63, 3.8) is 0 Å². The normalized spacial score (nSPS) is 10.9. The number of amides is 1. The number of phenols is 1. The molecule has 0 heterocycles. The topological polar surface area (TPSA) is 70.9 Å². The van der Waals surface area contributed by atoms with E-state index in [4.69, 9.17) is 27.9 Å². The smallest absolute Gasteiger partial charge is 0.277 e. The fourth-order valence-corrected chi connectivity index (χ4v) is 3.41. The Hall–Kier alpha value is -1.76. The highest BCUT2D eigenvalue weighted by atomic mass is 79.9. The molecule has 2 rings (SSSR count). The second-order valence-corrected chi connectivity index (χ2v) is 7.00. The van der Waals surface area contributed by atoms with Crippen LogP contribution in [-0.4, -0.2) is 23.8 Å². The molecular formula is C17H15BrCl2N2O3. The first-order valence-corrected chi connectivity index (χ1v) is 8.72. The number of hydrogen-bond acceptors (Lipinski definition) is 4. The van der Waals surface area contributed by atoms with Gasteiger partial charge in [-0.15, -0.1) is 0 Å². The van der Waals surface area contributed by atoms with Gasteiger partial charge in [0.1, 0.15) is 11.5 Å². The molecule has 0 spiro atoms. The Bertz CT molecular complexity index is 818. The van der Waals surface area contributed by atoms with E-state index in [0.717, 1.165) is 15.6 Å². The number of aryl methyl sites for hydroxylation is 2. The van der Waals surface area contributed by atoms with Crippen LogP contribution in [0.3, 0.4) is 0 Å². The van der Waals surface area contributed by atoms with Gasteiger partial charge in [0.15, 0.2) is 6.61 Å². The van der Waals surface area contributed by atoms with Gasteiger partial charge in [-0.25, -0.2) is 5.43 Å². The zero-order chi connectivity index (χ0) is 18.6. The number of hydrazone groups is 1. The molecule has 0 atom stereocenters. The average molecular weight is 446 g/mol. The molecule has 1 amide bonds. The molecule has 2 aromatic rings. The molecular weight excluding hydrogens is 431 g/mol. The van der Waals surface area contributed by atoms with E-state index in [1.807, 2.05) is 26.0 Å². The molecule has 0 radical (unpaired) electrons. The third-order valence-corrected chi connectivity index (χ3v) is 4.27. The van der Waals surface area contributed by atoms with Crippen LogP contribution in [0, 0.1) is 13.8 Å². The zero-order valence-corrected chi connectivity index (χ0v) is 16.5. The number of benzene rings is 2. The van der Waals surface area contributed by atoms with E-state index >= 15 is 0 Å². The average Bonchev–Trinajstić information content (AvgIpc) is 2.50. The SMILES string of the molecule is Cc1cc(C)c(OCC(=O)N/N=C\c2cc(Cl)cc(Cl)c2O)c(Br)c1. The third kappa shape index (κ3) is 5.36. The largest absolute Gasteiger partial charge is 0.506 e. The predicted molar refractivity (Wildman–Crippen MR) is 103 cm³/mol. The monoisotopic (exact) mass is 444 g/mol. The minimum absolute atomic E-state index is 0.100. The molecule has 0 bridgehead atoms. The van der Waals surface area contributed by atoms with Crippen LogP contribution in [0.1, 0.15) is 16.7 Å². The van der Waals surface area contributed by atoms with Crippen molar-refractivity contribution < 1.29 is 14.6 Å². The van der Waals surface area contributed by atoms with Gasteiger partial charge in [-0.3, -0.25) is 4.79 Å². The molecule has 0 fully saturated rings. The van der Waals surface area contributed by atoms with Crippen LogP contribution < -0.4 is 10.2 Å². The number of carbonyl (C=O) groups is 1. The van der Waals surface area contributed by atoms with Gasteiger partial charge >= 0.3 is 0 Å². The summed E-state index contributed by atoms with van der Waals surface area (Å²) in [5, 5.41) is 14.0. The van der Waals surface area contributed by atoms with Crippen molar-refractivity contribution in [1.29, 1.82) is 0 Å². The summed E-state index contributed by atoms with van der Waals surface area (Å²) >= 11 is 15.1. The minimum atomic E-state index is -0.448. The molecule has 2 N–H and O–H groups in total. The number of aromatic hydroxyl groups is 1. The minimum Gasteiger partial charge on any atom is -0.506 e. The number of hydrogen-bond donors (Lipinski definition) is 2. The summed E-state index contributed by atoms with van der Waals surface area (Å²) in [5.41, 5.74) is 4.61. The highest BCUT2D eigenvalue weighted by Gasteiger charge is 2.09. The second kappa shape index (κ2) is 8.56. The lowest BCUT2D eigenvalue weighted by Gasteiger charge is -2.11. The summed E-state index contributed by atoms with van der Waals surface area (Å²) < 4.78 is 6.30. The van der Waals surface area contributed by atoms with E-state index in [0.29, 0.717) is 10.8 Å². The van der Waals surface area contributed by atoms with Crippen molar-refractivity contribution in [2.24, 2.45) is 5.10 Å². The summed E-state index contributed by atoms with van der Waals surface area (Å²) in [6.07, 6.45) is 1.25. The highest BCUT2D eigenvalue weighted by molar-refractivity contribution is 9.10. The Morgan fingerprint density at radius 2 is 2.04 bits per heavy atom. The highest BCUT2D eigenvalue weighted by Crippen LogP contribution is 2.30. The van der Waals surface area contributed by atoms with Crippen molar-refractivity contribution in [3.8, 4) is 11.5 Å². The molecule has 0 aliphatic rings. The molecule has 0 aliphatic carbocycles. The summed E-state index contributed by atoms with van der Waals surface area (Å²) in [4.78, 5) is 11.8. The fraction of sp³-hybridized carbons (Fsp3) is 0.176. The van der Waals surface area contributed by atoms with Gasteiger partial charge in [0.2, 0.25) is 0 Å². The lowest BCUT2D eigenvalue weighted by molar-refractivity contribution is -0.123. The van der Waals surface area contributed by atoms with E-state index in [-0.39, 0.29) is 22.9 Å². The van der Waals surface area contributed by atoms with E-state index in [9.17, 15) is 9.90 Å². The van der Waals surface area contributed by atoms with E-state index < -0.39 is 5.91 Å². The van der Waals surface area contributed by atoms with Crippen molar-refractivity contribution in [2.45, 2.75) is 13.8 Å².